The number of para-hydroxylation sites is 1. The third-order valence-corrected chi connectivity index (χ3v) is 8.21. The molecule has 4 aliphatic rings. The average molecular weight is 450 g/mol. The summed E-state index contributed by atoms with van der Waals surface area (Å²) in [6.45, 7) is 6.34. The maximum absolute atomic E-state index is 6.39. The molecular weight excluding hydrogens is 414 g/mol. The van der Waals surface area contributed by atoms with Gasteiger partial charge in [0.15, 0.2) is 5.11 Å². The van der Waals surface area contributed by atoms with Gasteiger partial charge in [-0.15, -0.1) is 6.58 Å². The van der Waals surface area contributed by atoms with Gasteiger partial charge in [-0.05, 0) is 74.0 Å². The standard InChI is InChI=1S/C26H35N5S/c1-2-17-16-31-14-12-18(17)15-24(31)25(20-11-13-28-22-9-5-3-7-19(20)22)30-26(32)29-23-10-6-4-8-21(23)27/h2-3,5,7,9,11,13,17-18,21,23-25H,1,4,6,8,10,12,14-16,27H2,(H2,29,30,32)/t17-,18+,21+,23+,24+,25+/m0/s1. The van der Waals surface area contributed by atoms with Crippen LogP contribution in [0.5, 0.6) is 0 Å². The van der Waals surface area contributed by atoms with Crippen LogP contribution in [0.4, 0.5) is 0 Å². The molecule has 1 aliphatic carbocycles. The molecule has 7 atom stereocenters. The zero-order chi connectivity index (χ0) is 22.1. The van der Waals surface area contributed by atoms with E-state index in [1.807, 2.05) is 6.20 Å². The molecule has 170 valence electrons. The van der Waals surface area contributed by atoms with Crippen LogP contribution in [0.3, 0.4) is 0 Å². The lowest BCUT2D eigenvalue weighted by Gasteiger charge is -2.52. The molecule has 4 heterocycles. The van der Waals surface area contributed by atoms with Gasteiger partial charge in [-0.25, -0.2) is 0 Å². The molecule has 2 aromatic rings. The highest BCUT2D eigenvalue weighted by molar-refractivity contribution is 7.80. The molecule has 5 nitrogen and oxygen atoms in total. The van der Waals surface area contributed by atoms with Gasteiger partial charge in [-0.1, -0.05) is 37.1 Å². The van der Waals surface area contributed by atoms with Gasteiger partial charge in [0.25, 0.3) is 0 Å². The molecule has 6 rings (SSSR count). The Bertz CT molecular complexity index is 972. The molecule has 6 heteroatoms. The number of nitrogens with zero attached hydrogens (tertiary/aromatic N) is 2. The lowest BCUT2D eigenvalue weighted by Crippen LogP contribution is -2.59. The number of thiocarbonyl (C=S) groups is 1. The molecule has 0 radical (unpaired) electrons. The van der Waals surface area contributed by atoms with Crippen molar-refractivity contribution in [2.75, 3.05) is 13.1 Å². The Morgan fingerprint density at radius 1 is 1.22 bits per heavy atom. The van der Waals surface area contributed by atoms with E-state index in [1.165, 1.54) is 30.2 Å². The number of piperidine rings is 3. The summed E-state index contributed by atoms with van der Waals surface area (Å²) < 4.78 is 0. The van der Waals surface area contributed by atoms with Crippen LogP contribution in [0, 0.1) is 11.8 Å². The van der Waals surface area contributed by atoms with Crippen LogP contribution in [-0.4, -0.2) is 46.2 Å². The topological polar surface area (TPSA) is 66.2 Å². The summed E-state index contributed by atoms with van der Waals surface area (Å²) in [6, 6.07) is 11.5. The summed E-state index contributed by atoms with van der Waals surface area (Å²) in [5, 5.41) is 9.24. The predicted molar refractivity (Wildman–Crippen MR) is 135 cm³/mol. The lowest BCUT2D eigenvalue weighted by atomic mass is 9.73. The van der Waals surface area contributed by atoms with Crippen LogP contribution < -0.4 is 16.4 Å². The highest BCUT2D eigenvalue weighted by atomic mass is 32.1. The number of hydrogen-bond acceptors (Lipinski definition) is 4. The molecule has 3 saturated heterocycles. The molecule has 0 spiro atoms. The third-order valence-electron chi connectivity index (χ3n) is 7.98. The first kappa shape index (κ1) is 21.8. The average Bonchev–Trinajstić information content (AvgIpc) is 2.84. The summed E-state index contributed by atoms with van der Waals surface area (Å²) >= 11 is 5.86. The number of nitrogens with two attached hydrogens (primary N) is 1. The highest BCUT2D eigenvalue weighted by Crippen LogP contribution is 2.42. The number of benzene rings is 1. The maximum Gasteiger partial charge on any atom is 0.167 e. The summed E-state index contributed by atoms with van der Waals surface area (Å²) in [5.74, 6) is 1.30. The summed E-state index contributed by atoms with van der Waals surface area (Å²) in [6.07, 6.45) is 11.1. The zero-order valence-electron chi connectivity index (χ0n) is 18.7. The van der Waals surface area contributed by atoms with Crippen LogP contribution in [-0.2, 0) is 0 Å². The van der Waals surface area contributed by atoms with Gasteiger partial charge in [0.05, 0.1) is 11.6 Å². The van der Waals surface area contributed by atoms with Gasteiger partial charge >= 0.3 is 0 Å². The van der Waals surface area contributed by atoms with Gasteiger partial charge in [0, 0.05) is 36.3 Å². The fourth-order valence-electron chi connectivity index (χ4n) is 6.18. The number of nitrogens with one attached hydrogen (secondary N) is 2. The van der Waals surface area contributed by atoms with Gasteiger partial charge in [-0.3, -0.25) is 9.88 Å². The summed E-state index contributed by atoms with van der Waals surface area (Å²) in [7, 11) is 0. The van der Waals surface area contributed by atoms with Crippen molar-refractivity contribution in [2.24, 2.45) is 17.6 Å². The van der Waals surface area contributed by atoms with Crippen molar-refractivity contribution in [3.8, 4) is 0 Å². The second-order valence-electron chi connectivity index (χ2n) is 9.81. The molecule has 2 bridgehead atoms. The SMILES string of the molecule is C=C[C@H]1CN2CC[C@@H]1C[C@@H]2[C@H](NC(=S)N[C@@H]1CCCC[C@H]1N)c1ccnc2ccccc12. The van der Waals surface area contributed by atoms with E-state index in [0.717, 1.165) is 43.0 Å². The van der Waals surface area contributed by atoms with Crippen molar-refractivity contribution in [3.05, 3.63) is 54.7 Å². The molecule has 4 N–H and O–H groups in total. The molecule has 32 heavy (non-hydrogen) atoms. The number of pyridine rings is 1. The first-order valence-corrected chi connectivity index (χ1v) is 12.6. The van der Waals surface area contributed by atoms with Crippen LogP contribution in [0.25, 0.3) is 10.9 Å². The first-order chi connectivity index (χ1) is 15.6. The van der Waals surface area contributed by atoms with E-state index >= 15 is 0 Å². The van der Waals surface area contributed by atoms with Crippen LogP contribution in [0.1, 0.15) is 50.1 Å². The molecule has 4 fully saturated rings. The normalized spacial score (nSPS) is 32.9. The minimum atomic E-state index is 0.108. The van der Waals surface area contributed by atoms with Crippen LogP contribution >= 0.6 is 12.2 Å². The Labute approximate surface area is 196 Å². The Balaban J connectivity index is 1.44. The van der Waals surface area contributed by atoms with Gasteiger partial charge in [0.2, 0.25) is 0 Å². The van der Waals surface area contributed by atoms with Crippen molar-refractivity contribution in [1.29, 1.82) is 0 Å². The van der Waals surface area contributed by atoms with Gasteiger partial charge in [-0.2, -0.15) is 0 Å². The van der Waals surface area contributed by atoms with E-state index in [0.29, 0.717) is 17.9 Å². The van der Waals surface area contributed by atoms with Crippen molar-refractivity contribution >= 4 is 28.2 Å². The first-order valence-electron chi connectivity index (χ1n) is 12.2. The van der Waals surface area contributed by atoms with Gasteiger partial charge < -0.3 is 16.4 Å². The second-order valence-corrected chi connectivity index (χ2v) is 10.2. The van der Waals surface area contributed by atoms with Crippen molar-refractivity contribution < 1.29 is 0 Å². The Hall–Kier alpha value is -2.02. The van der Waals surface area contributed by atoms with E-state index in [4.69, 9.17) is 18.0 Å². The second kappa shape index (κ2) is 9.46. The monoisotopic (exact) mass is 449 g/mol. The predicted octanol–water partition coefficient (Wildman–Crippen LogP) is 3.91. The van der Waals surface area contributed by atoms with E-state index in [2.05, 4.69) is 63.5 Å². The molecular formula is C26H35N5S. The van der Waals surface area contributed by atoms with Crippen molar-refractivity contribution in [1.82, 2.24) is 20.5 Å². The van der Waals surface area contributed by atoms with E-state index in [-0.39, 0.29) is 18.1 Å². The summed E-state index contributed by atoms with van der Waals surface area (Å²) in [5.41, 5.74) is 8.70. The minimum Gasteiger partial charge on any atom is -0.358 e. The molecule has 1 aromatic carbocycles. The fourth-order valence-corrected chi connectivity index (χ4v) is 6.46. The lowest BCUT2D eigenvalue weighted by molar-refractivity contribution is 0.00426. The minimum absolute atomic E-state index is 0.108. The smallest absolute Gasteiger partial charge is 0.167 e. The van der Waals surface area contributed by atoms with E-state index < -0.39 is 0 Å². The van der Waals surface area contributed by atoms with E-state index in [9.17, 15) is 0 Å². The summed E-state index contributed by atoms with van der Waals surface area (Å²) in [4.78, 5) is 7.25. The number of fused-ring (bicyclic) bond motifs is 4. The maximum atomic E-state index is 6.39. The molecule has 1 aromatic heterocycles. The zero-order valence-corrected chi connectivity index (χ0v) is 19.6. The Morgan fingerprint density at radius 3 is 2.84 bits per heavy atom. The third kappa shape index (κ3) is 4.28. The number of hydrogen-bond donors (Lipinski definition) is 3. The number of aromatic nitrogens is 1. The quantitative estimate of drug-likeness (QED) is 0.475. The fraction of sp³-hybridized carbons (Fsp3) is 0.538. The van der Waals surface area contributed by atoms with Crippen LogP contribution in [0.15, 0.2) is 49.2 Å². The molecule has 3 aliphatic heterocycles. The highest BCUT2D eigenvalue weighted by Gasteiger charge is 2.43. The molecule has 1 unspecified atom stereocenters. The largest absolute Gasteiger partial charge is 0.358 e. The molecule has 0 amide bonds. The van der Waals surface area contributed by atoms with Gasteiger partial charge in [0.1, 0.15) is 0 Å². The van der Waals surface area contributed by atoms with Crippen LogP contribution in [0.2, 0.25) is 0 Å². The number of rotatable bonds is 5. The van der Waals surface area contributed by atoms with Crippen molar-refractivity contribution in [2.45, 2.75) is 62.7 Å². The molecule has 1 saturated carbocycles. The van der Waals surface area contributed by atoms with E-state index in [1.54, 1.807) is 0 Å². The van der Waals surface area contributed by atoms with Crippen molar-refractivity contribution in [3.63, 3.8) is 0 Å². The Kier molecular flexibility index (Phi) is 6.44. The Morgan fingerprint density at radius 2 is 2.06 bits per heavy atom.